The van der Waals surface area contributed by atoms with Crippen molar-refractivity contribution in [2.75, 3.05) is 7.05 Å². The Kier molecular flexibility index (Phi) is 4.65. The molecule has 1 unspecified atom stereocenters. The molecule has 25 heavy (non-hydrogen) atoms. The van der Waals surface area contributed by atoms with E-state index in [0.717, 1.165) is 5.56 Å². The predicted octanol–water partition coefficient (Wildman–Crippen LogP) is 3.86. The summed E-state index contributed by atoms with van der Waals surface area (Å²) < 4.78 is 13.3. The van der Waals surface area contributed by atoms with Gasteiger partial charge in [-0.1, -0.05) is 42.5 Å². The summed E-state index contributed by atoms with van der Waals surface area (Å²) in [5.74, 6) is -0.790. The monoisotopic (exact) mass is 338 g/mol. The van der Waals surface area contributed by atoms with Crippen molar-refractivity contribution in [2.24, 2.45) is 0 Å². The third kappa shape index (κ3) is 3.31. The first-order valence-corrected chi connectivity index (χ1v) is 8.07. The first kappa shape index (κ1) is 16.9. The minimum atomic E-state index is -0.417. The van der Waals surface area contributed by atoms with Gasteiger partial charge in [0.1, 0.15) is 5.82 Å². The third-order valence-electron chi connectivity index (χ3n) is 4.50. The summed E-state index contributed by atoms with van der Waals surface area (Å²) in [5.41, 5.74) is 1.47. The van der Waals surface area contributed by atoms with E-state index >= 15 is 0 Å². The van der Waals surface area contributed by atoms with Crippen LogP contribution in [-0.2, 0) is 4.79 Å². The highest BCUT2D eigenvalue weighted by Gasteiger charge is 2.44. The largest absolute Gasteiger partial charge is 0.327 e. The van der Waals surface area contributed by atoms with Crippen LogP contribution in [0.4, 0.5) is 9.18 Å². The van der Waals surface area contributed by atoms with Gasteiger partial charge in [0, 0.05) is 13.1 Å². The number of imide groups is 1. The molecule has 3 amide bonds. The van der Waals surface area contributed by atoms with Crippen LogP contribution in [0.15, 0.2) is 60.7 Å². The van der Waals surface area contributed by atoms with Gasteiger partial charge in [0.05, 0.1) is 12.1 Å². The Morgan fingerprint density at radius 3 is 2.52 bits per heavy atom. The number of amides is 3. The number of rotatable bonds is 3. The van der Waals surface area contributed by atoms with Crippen molar-refractivity contribution >= 4 is 18.0 Å². The van der Waals surface area contributed by atoms with Crippen molar-refractivity contribution in [3.63, 3.8) is 0 Å². The van der Waals surface area contributed by atoms with E-state index in [0.29, 0.717) is 5.56 Å². The molecule has 1 fully saturated rings. The molecule has 0 aliphatic carbocycles. The molecule has 5 heteroatoms. The molecule has 0 bridgehead atoms. The fourth-order valence-electron chi connectivity index (χ4n) is 3.06. The second-order valence-electron chi connectivity index (χ2n) is 6.09. The van der Waals surface area contributed by atoms with Gasteiger partial charge >= 0.3 is 6.03 Å². The predicted molar refractivity (Wildman–Crippen MR) is 94.1 cm³/mol. The van der Waals surface area contributed by atoms with Crippen LogP contribution in [0, 0.1) is 5.82 Å². The Balaban J connectivity index is 1.89. The van der Waals surface area contributed by atoms with Crippen LogP contribution in [0.3, 0.4) is 0 Å². The van der Waals surface area contributed by atoms with E-state index < -0.39 is 5.91 Å². The van der Waals surface area contributed by atoms with Crippen LogP contribution < -0.4 is 0 Å². The van der Waals surface area contributed by atoms with E-state index in [4.69, 9.17) is 0 Å². The number of carbonyl (C=O) groups is 2. The van der Waals surface area contributed by atoms with Crippen molar-refractivity contribution in [1.29, 1.82) is 0 Å². The molecule has 2 aromatic carbocycles. The molecular formula is C20H19FN2O2. The van der Waals surface area contributed by atoms with Crippen molar-refractivity contribution in [3.8, 4) is 0 Å². The van der Waals surface area contributed by atoms with E-state index in [-0.39, 0.29) is 23.9 Å². The van der Waals surface area contributed by atoms with Gasteiger partial charge in [-0.05, 0) is 36.3 Å². The maximum atomic E-state index is 13.3. The lowest BCUT2D eigenvalue weighted by Crippen LogP contribution is -2.35. The fraction of sp³-hybridized carbons (Fsp3) is 0.200. The van der Waals surface area contributed by atoms with Crippen molar-refractivity contribution in [2.45, 2.75) is 19.0 Å². The summed E-state index contributed by atoms with van der Waals surface area (Å²) in [4.78, 5) is 28.1. The number of hydrogen-bond donors (Lipinski definition) is 0. The number of carbonyl (C=O) groups excluding carboxylic acids is 2. The number of hydrogen-bond acceptors (Lipinski definition) is 2. The molecule has 1 aliphatic rings. The van der Waals surface area contributed by atoms with Crippen molar-refractivity contribution in [1.82, 2.24) is 9.80 Å². The zero-order valence-electron chi connectivity index (χ0n) is 14.1. The number of nitrogens with zero attached hydrogens (tertiary/aromatic N) is 2. The molecule has 0 radical (unpaired) electrons. The quantitative estimate of drug-likeness (QED) is 0.797. The van der Waals surface area contributed by atoms with Gasteiger partial charge in [-0.15, -0.1) is 0 Å². The Hall–Kier alpha value is -2.95. The molecule has 0 saturated carbocycles. The molecular weight excluding hydrogens is 319 g/mol. The molecule has 128 valence electrons. The molecule has 1 heterocycles. The first-order chi connectivity index (χ1) is 12.0. The van der Waals surface area contributed by atoms with E-state index in [2.05, 4.69) is 0 Å². The van der Waals surface area contributed by atoms with Gasteiger partial charge in [-0.3, -0.25) is 9.69 Å². The van der Waals surface area contributed by atoms with Crippen molar-refractivity contribution in [3.05, 3.63) is 77.6 Å². The molecule has 1 saturated heterocycles. The van der Waals surface area contributed by atoms with Gasteiger partial charge in [-0.2, -0.15) is 0 Å². The molecule has 1 aliphatic heterocycles. The molecule has 3 rings (SSSR count). The van der Waals surface area contributed by atoms with Gasteiger partial charge in [0.2, 0.25) is 0 Å². The Labute approximate surface area is 146 Å². The number of benzene rings is 2. The number of halogens is 1. The summed E-state index contributed by atoms with van der Waals surface area (Å²) in [6.45, 7) is 1.92. The maximum absolute atomic E-state index is 13.3. The summed E-state index contributed by atoms with van der Waals surface area (Å²) >= 11 is 0. The van der Waals surface area contributed by atoms with E-state index in [1.54, 1.807) is 24.1 Å². The Bertz CT molecular complexity index is 819. The highest BCUT2D eigenvalue weighted by Crippen LogP contribution is 2.34. The highest BCUT2D eigenvalue weighted by atomic mass is 19.1. The molecule has 2 atom stereocenters. The average molecular weight is 338 g/mol. The molecule has 0 N–H and O–H groups in total. The van der Waals surface area contributed by atoms with Crippen LogP contribution in [0.1, 0.15) is 24.1 Å². The topological polar surface area (TPSA) is 40.6 Å². The molecule has 4 nitrogen and oxygen atoms in total. The van der Waals surface area contributed by atoms with Gasteiger partial charge in [0.15, 0.2) is 0 Å². The lowest BCUT2D eigenvalue weighted by molar-refractivity contribution is -0.124. The third-order valence-corrected chi connectivity index (χ3v) is 4.50. The molecule has 0 spiro atoms. The van der Waals surface area contributed by atoms with E-state index in [1.807, 2.05) is 37.3 Å². The van der Waals surface area contributed by atoms with Gasteiger partial charge in [0.25, 0.3) is 5.91 Å². The number of urea groups is 1. The second-order valence-corrected chi connectivity index (χ2v) is 6.09. The number of likely N-dealkylation sites (N-methyl/N-ethyl adjacent to an activating group) is 1. The standard InChI is InChI=1S/C20H19FN2O2/c1-14-19(16-8-4-3-5-9-16)23(20(25)22(14)2)18(24)12-11-15-7-6-10-17(21)13-15/h3-14,19H,1-2H3/b12-11+/t14?,19-/m1/s1. The summed E-state index contributed by atoms with van der Waals surface area (Å²) in [5, 5.41) is 0. The smallest absolute Gasteiger partial charge is 0.322 e. The average Bonchev–Trinajstić information content (AvgIpc) is 2.85. The lowest BCUT2D eigenvalue weighted by atomic mass is 10.0. The van der Waals surface area contributed by atoms with Crippen LogP contribution in [0.25, 0.3) is 6.08 Å². The second kappa shape index (κ2) is 6.89. The van der Waals surface area contributed by atoms with Crippen LogP contribution in [0.2, 0.25) is 0 Å². The van der Waals surface area contributed by atoms with Gasteiger partial charge in [-0.25, -0.2) is 9.18 Å². The van der Waals surface area contributed by atoms with Gasteiger partial charge < -0.3 is 4.90 Å². The SMILES string of the molecule is CC1[C@H](c2ccccc2)N(C(=O)/C=C/c2cccc(F)c2)C(=O)N1C. The first-order valence-electron chi connectivity index (χ1n) is 8.07. The molecule has 0 aromatic heterocycles. The van der Waals surface area contributed by atoms with Crippen LogP contribution in [0.5, 0.6) is 0 Å². The minimum absolute atomic E-state index is 0.138. The van der Waals surface area contributed by atoms with Crippen molar-refractivity contribution < 1.29 is 14.0 Å². The zero-order chi connectivity index (χ0) is 18.0. The summed E-state index contributed by atoms with van der Waals surface area (Å²) in [6, 6.07) is 14.6. The lowest BCUT2D eigenvalue weighted by Gasteiger charge is -2.23. The highest BCUT2D eigenvalue weighted by molar-refractivity contribution is 6.04. The minimum Gasteiger partial charge on any atom is -0.322 e. The molecule has 2 aromatic rings. The normalized spacial score (nSPS) is 20.5. The zero-order valence-corrected chi connectivity index (χ0v) is 14.1. The van der Waals surface area contributed by atoms with E-state index in [1.165, 1.54) is 29.2 Å². The van der Waals surface area contributed by atoms with Crippen LogP contribution >= 0.6 is 0 Å². The fourth-order valence-corrected chi connectivity index (χ4v) is 3.06. The van der Waals surface area contributed by atoms with E-state index in [9.17, 15) is 14.0 Å². The summed E-state index contributed by atoms with van der Waals surface area (Å²) in [7, 11) is 1.69. The Morgan fingerprint density at radius 2 is 1.84 bits per heavy atom. The Morgan fingerprint density at radius 1 is 1.12 bits per heavy atom. The van der Waals surface area contributed by atoms with Crippen LogP contribution in [-0.4, -0.2) is 34.8 Å². The maximum Gasteiger partial charge on any atom is 0.327 e. The summed E-state index contributed by atoms with van der Waals surface area (Å²) in [6.07, 6.45) is 2.83.